The molecule has 6 nitrogen and oxygen atoms in total. The Kier molecular flexibility index (Phi) is 4.53. The van der Waals surface area contributed by atoms with Crippen LogP contribution >= 0.6 is 11.6 Å². The Morgan fingerprint density at radius 2 is 1.77 bits per heavy atom. The van der Waals surface area contributed by atoms with E-state index in [0.29, 0.717) is 0 Å². The molecule has 0 aromatic heterocycles. The minimum Gasteiger partial charge on any atom is -0.318 e. The van der Waals surface area contributed by atoms with Crippen LogP contribution in [-0.4, -0.2) is 16.6 Å². The lowest BCUT2D eigenvalue weighted by Gasteiger charge is -2.06. The van der Waals surface area contributed by atoms with E-state index in [1.54, 1.807) is 12.1 Å². The lowest BCUT2D eigenvalue weighted by molar-refractivity contribution is -0.384. The molecule has 0 aliphatic heterocycles. The van der Waals surface area contributed by atoms with Gasteiger partial charge in [0.05, 0.1) is 15.6 Å². The number of carbonyl (C=O) groups excluding carboxylic acids is 2. The van der Waals surface area contributed by atoms with Gasteiger partial charge in [-0.25, -0.2) is 0 Å². The molecule has 0 atom stereocenters. The number of benzene rings is 2. The molecule has 0 bridgehead atoms. The number of non-ortho nitro benzene ring substituents is 1. The molecule has 2 aromatic rings. The summed E-state index contributed by atoms with van der Waals surface area (Å²) in [5.74, 6) is -1.66. The number of hydrogen-bond donors (Lipinski definition) is 1. The molecule has 0 unspecified atom stereocenters. The summed E-state index contributed by atoms with van der Waals surface area (Å²) in [4.78, 5) is 34.0. The standard InChI is InChI=1S/C15H11ClN2O4/c1-9-2-4-10(5-3-9)14(19)15(20)17-13-8-11(18(21)22)6-7-12(13)16/h2-8H,1H3,(H,17,20). The van der Waals surface area contributed by atoms with Gasteiger partial charge >= 0.3 is 0 Å². The number of amides is 1. The van der Waals surface area contributed by atoms with Crippen molar-refractivity contribution in [3.8, 4) is 0 Å². The van der Waals surface area contributed by atoms with Crippen LogP contribution in [0.4, 0.5) is 11.4 Å². The predicted molar refractivity (Wildman–Crippen MR) is 82.2 cm³/mol. The number of rotatable bonds is 4. The number of nitro benzene ring substituents is 1. The van der Waals surface area contributed by atoms with Crippen LogP contribution in [0.25, 0.3) is 0 Å². The Balaban J connectivity index is 2.21. The van der Waals surface area contributed by atoms with Gasteiger partial charge in [0.15, 0.2) is 0 Å². The van der Waals surface area contributed by atoms with Crippen molar-refractivity contribution in [2.24, 2.45) is 0 Å². The zero-order valence-corrected chi connectivity index (χ0v) is 12.3. The summed E-state index contributed by atoms with van der Waals surface area (Å²) < 4.78 is 0. The molecule has 1 N–H and O–H groups in total. The highest BCUT2D eigenvalue weighted by Crippen LogP contribution is 2.26. The number of halogens is 1. The van der Waals surface area contributed by atoms with Gasteiger partial charge in [-0.15, -0.1) is 0 Å². The average molecular weight is 319 g/mol. The van der Waals surface area contributed by atoms with Gasteiger partial charge in [-0.1, -0.05) is 41.4 Å². The largest absolute Gasteiger partial charge is 0.318 e. The summed E-state index contributed by atoms with van der Waals surface area (Å²) >= 11 is 5.87. The molecule has 0 heterocycles. The van der Waals surface area contributed by atoms with Gasteiger partial charge in [0.25, 0.3) is 17.4 Å². The second-order valence-electron chi connectivity index (χ2n) is 4.57. The third-order valence-electron chi connectivity index (χ3n) is 2.93. The first-order valence-electron chi connectivity index (χ1n) is 6.25. The summed E-state index contributed by atoms with van der Waals surface area (Å²) in [6.07, 6.45) is 0. The Morgan fingerprint density at radius 1 is 1.14 bits per heavy atom. The number of ketones is 1. The molecule has 112 valence electrons. The lowest BCUT2D eigenvalue weighted by atomic mass is 10.1. The highest BCUT2D eigenvalue weighted by molar-refractivity contribution is 6.47. The fourth-order valence-electron chi connectivity index (χ4n) is 1.74. The van der Waals surface area contributed by atoms with Gasteiger partial charge in [-0.05, 0) is 13.0 Å². The average Bonchev–Trinajstić information content (AvgIpc) is 2.49. The van der Waals surface area contributed by atoms with Crippen LogP contribution in [-0.2, 0) is 4.79 Å². The topological polar surface area (TPSA) is 89.3 Å². The fourth-order valence-corrected chi connectivity index (χ4v) is 1.90. The summed E-state index contributed by atoms with van der Waals surface area (Å²) in [5.41, 5.74) is 0.965. The summed E-state index contributed by atoms with van der Waals surface area (Å²) in [5, 5.41) is 13.1. The second-order valence-corrected chi connectivity index (χ2v) is 4.98. The van der Waals surface area contributed by atoms with Crippen LogP contribution in [0.1, 0.15) is 15.9 Å². The van der Waals surface area contributed by atoms with Gasteiger partial charge in [0, 0.05) is 17.7 Å². The van der Waals surface area contributed by atoms with Crippen molar-refractivity contribution in [1.29, 1.82) is 0 Å². The Labute approximate surface area is 130 Å². The molecule has 0 fully saturated rings. The van der Waals surface area contributed by atoms with E-state index in [1.807, 2.05) is 6.92 Å². The third kappa shape index (κ3) is 3.48. The van der Waals surface area contributed by atoms with Gasteiger partial charge in [0.2, 0.25) is 0 Å². The first-order chi connectivity index (χ1) is 10.4. The maximum absolute atomic E-state index is 12.0. The van der Waals surface area contributed by atoms with Crippen LogP contribution < -0.4 is 5.32 Å². The zero-order chi connectivity index (χ0) is 16.3. The molecule has 22 heavy (non-hydrogen) atoms. The molecule has 2 rings (SSSR count). The molecule has 0 aliphatic rings. The summed E-state index contributed by atoms with van der Waals surface area (Å²) in [7, 11) is 0. The minimum absolute atomic E-state index is 0.0151. The van der Waals surface area contributed by atoms with E-state index in [-0.39, 0.29) is 22.0 Å². The number of nitrogens with zero attached hydrogens (tertiary/aromatic N) is 1. The van der Waals surface area contributed by atoms with Crippen LogP contribution in [0.15, 0.2) is 42.5 Å². The quantitative estimate of drug-likeness (QED) is 0.405. The van der Waals surface area contributed by atoms with Gasteiger partial charge < -0.3 is 5.32 Å². The Morgan fingerprint density at radius 3 is 2.36 bits per heavy atom. The first-order valence-corrected chi connectivity index (χ1v) is 6.62. The van der Waals surface area contributed by atoms with E-state index < -0.39 is 16.6 Å². The Bertz CT molecular complexity index is 757. The van der Waals surface area contributed by atoms with Crippen molar-refractivity contribution in [1.82, 2.24) is 0 Å². The van der Waals surface area contributed by atoms with E-state index in [2.05, 4.69) is 5.32 Å². The van der Waals surface area contributed by atoms with Gasteiger partial charge in [-0.2, -0.15) is 0 Å². The van der Waals surface area contributed by atoms with Crippen LogP contribution in [0, 0.1) is 17.0 Å². The predicted octanol–water partition coefficient (Wildman–Crippen LogP) is 3.38. The number of anilines is 1. The number of Topliss-reactive ketones (excluding diaryl/α,β-unsaturated/α-hetero) is 1. The molecule has 0 spiro atoms. The summed E-state index contributed by atoms with van der Waals surface area (Å²) in [6, 6.07) is 10.1. The van der Waals surface area contributed by atoms with Gasteiger partial charge in [-0.3, -0.25) is 19.7 Å². The third-order valence-corrected chi connectivity index (χ3v) is 3.26. The molecular weight excluding hydrogens is 308 g/mol. The normalized spacial score (nSPS) is 10.1. The molecule has 7 heteroatoms. The smallest absolute Gasteiger partial charge is 0.296 e. The van der Waals surface area contributed by atoms with Crippen molar-refractivity contribution in [2.45, 2.75) is 6.92 Å². The monoisotopic (exact) mass is 318 g/mol. The van der Waals surface area contributed by atoms with Crippen molar-refractivity contribution in [2.75, 3.05) is 5.32 Å². The van der Waals surface area contributed by atoms with Crippen molar-refractivity contribution >= 4 is 34.7 Å². The van der Waals surface area contributed by atoms with E-state index >= 15 is 0 Å². The van der Waals surface area contributed by atoms with Crippen molar-refractivity contribution < 1.29 is 14.5 Å². The number of nitro groups is 1. The van der Waals surface area contributed by atoms with E-state index in [1.165, 1.54) is 24.3 Å². The maximum Gasteiger partial charge on any atom is 0.296 e. The number of nitrogens with one attached hydrogen (secondary N) is 1. The molecule has 0 saturated heterocycles. The minimum atomic E-state index is -0.911. The molecule has 0 radical (unpaired) electrons. The molecule has 0 aliphatic carbocycles. The number of aryl methyl sites for hydroxylation is 1. The molecule has 1 amide bonds. The van der Waals surface area contributed by atoms with E-state index in [4.69, 9.17) is 11.6 Å². The van der Waals surface area contributed by atoms with Gasteiger partial charge in [0.1, 0.15) is 0 Å². The number of hydrogen-bond acceptors (Lipinski definition) is 4. The lowest BCUT2D eigenvalue weighted by Crippen LogP contribution is -2.23. The van der Waals surface area contributed by atoms with Crippen LogP contribution in [0.2, 0.25) is 5.02 Å². The number of carbonyl (C=O) groups is 2. The maximum atomic E-state index is 12.0. The van der Waals surface area contributed by atoms with Crippen molar-refractivity contribution in [3.63, 3.8) is 0 Å². The van der Waals surface area contributed by atoms with E-state index in [9.17, 15) is 19.7 Å². The zero-order valence-electron chi connectivity index (χ0n) is 11.5. The van der Waals surface area contributed by atoms with E-state index in [0.717, 1.165) is 11.6 Å². The molecule has 2 aromatic carbocycles. The van der Waals surface area contributed by atoms with Crippen LogP contribution in [0.5, 0.6) is 0 Å². The second kappa shape index (κ2) is 6.36. The fraction of sp³-hybridized carbons (Fsp3) is 0.0667. The van der Waals surface area contributed by atoms with Crippen LogP contribution in [0.3, 0.4) is 0 Å². The van der Waals surface area contributed by atoms with Crippen molar-refractivity contribution in [3.05, 3.63) is 68.7 Å². The molecule has 0 saturated carbocycles. The highest BCUT2D eigenvalue weighted by atomic mass is 35.5. The molecular formula is C15H11ClN2O4. The first kappa shape index (κ1) is 15.7. The summed E-state index contributed by atoms with van der Waals surface area (Å²) in [6.45, 7) is 1.86. The highest BCUT2D eigenvalue weighted by Gasteiger charge is 2.18. The SMILES string of the molecule is Cc1ccc(C(=O)C(=O)Nc2cc([N+](=O)[O-])ccc2Cl)cc1. The Hall–Kier alpha value is -2.73.